The number of nitrogens with one attached hydrogen (secondary N) is 1. The SMILES string of the molecule is COc1ccc(N(CC(=O)N/N=C/c2ccc(OC3CSC3)cc2)S(=O)(=O)c2ccccc2)cc1. The van der Waals surface area contributed by atoms with E-state index >= 15 is 0 Å². The summed E-state index contributed by atoms with van der Waals surface area (Å²) in [5.74, 6) is 2.78. The first-order valence-corrected chi connectivity index (χ1v) is 13.4. The van der Waals surface area contributed by atoms with Gasteiger partial charge in [0.1, 0.15) is 24.1 Å². The Morgan fingerprint density at radius 2 is 1.69 bits per heavy atom. The minimum absolute atomic E-state index is 0.0786. The molecule has 1 aliphatic rings. The zero-order valence-electron chi connectivity index (χ0n) is 19.0. The van der Waals surface area contributed by atoms with Crippen LogP contribution < -0.4 is 19.2 Å². The lowest BCUT2D eigenvalue weighted by molar-refractivity contribution is -0.119. The fourth-order valence-electron chi connectivity index (χ4n) is 3.23. The van der Waals surface area contributed by atoms with Gasteiger partial charge >= 0.3 is 0 Å². The summed E-state index contributed by atoms with van der Waals surface area (Å²) in [6, 6.07) is 21.8. The number of thioether (sulfide) groups is 1. The molecule has 1 fully saturated rings. The average Bonchev–Trinajstić information content (AvgIpc) is 2.86. The molecule has 182 valence electrons. The van der Waals surface area contributed by atoms with Crippen molar-refractivity contribution in [3.05, 3.63) is 84.4 Å². The number of methoxy groups -OCH3 is 1. The number of amides is 1. The van der Waals surface area contributed by atoms with Gasteiger partial charge in [0.2, 0.25) is 0 Å². The number of nitrogens with zero attached hydrogens (tertiary/aromatic N) is 2. The summed E-state index contributed by atoms with van der Waals surface area (Å²) in [5.41, 5.74) is 3.50. The van der Waals surface area contributed by atoms with E-state index in [9.17, 15) is 13.2 Å². The average molecular weight is 512 g/mol. The number of anilines is 1. The van der Waals surface area contributed by atoms with Gasteiger partial charge in [-0.05, 0) is 66.2 Å². The van der Waals surface area contributed by atoms with E-state index in [1.54, 1.807) is 42.5 Å². The maximum Gasteiger partial charge on any atom is 0.264 e. The smallest absolute Gasteiger partial charge is 0.264 e. The Kier molecular flexibility index (Phi) is 7.94. The van der Waals surface area contributed by atoms with Crippen molar-refractivity contribution in [3.8, 4) is 11.5 Å². The first-order valence-electron chi connectivity index (χ1n) is 10.8. The monoisotopic (exact) mass is 511 g/mol. The van der Waals surface area contributed by atoms with Gasteiger partial charge in [0.25, 0.3) is 15.9 Å². The predicted octanol–water partition coefficient (Wildman–Crippen LogP) is 3.54. The minimum atomic E-state index is -3.99. The molecule has 10 heteroatoms. The molecular weight excluding hydrogens is 486 g/mol. The molecule has 1 amide bonds. The molecule has 3 aromatic carbocycles. The summed E-state index contributed by atoms with van der Waals surface area (Å²) in [5, 5.41) is 3.98. The largest absolute Gasteiger partial charge is 0.497 e. The lowest BCUT2D eigenvalue weighted by Crippen LogP contribution is -2.39. The summed E-state index contributed by atoms with van der Waals surface area (Å²) >= 11 is 1.85. The Labute approximate surface area is 209 Å². The molecule has 0 atom stereocenters. The molecule has 3 aromatic rings. The quantitative estimate of drug-likeness (QED) is 0.330. The zero-order valence-corrected chi connectivity index (χ0v) is 20.7. The van der Waals surface area contributed by atoms with Crippen LogP contribution in [0.15, 0.2) is 88.9 Å². The van der Waals surface area contributed by atoms with Crippen LogP contribution in [0, 0.1) is 0 Å². The molecule has 1 aliphatic heterocycles. The Morgan fingerprint density at radius 1 is 1.03 bits per heavy atom. The standard InChI is InChI=1S/C25H25N3O5S2/c1-32-21-13-9-20(10-14-21)28(35(30,31)24-5-3-2-4-6-24)16-25(29)27-26-15-19-7-11-22(12-8-19)33-23-17-34-18-23/h2-15,23H,16-18H2,1H3,(H,27,29)/b26-15+. The van der Waals surface area contributed by atoms with E-state index in [-0.39, 0.29) is 11.0 Å². The van der Waals surface area contributed by atoms with Crippen LogP contribution in [0.2, 0.25) is 0 Å². The molecule has 0 spiro atoms. The number of carbonyl (C=O) groups is 1. The maximum atomic E-state index is 13.3. The Bertz CT molecular complexity index is 1260. The Morgan fingerprint density at radius 3 is 2.29 bits per heavy atom. The highest BCUT2D eigenvalue weighted by molar-refractivity contribution is 8.00. The van der Waals surface area contributed by atoms with Gasteiger partial charge < -0.3 is 9.47 Å². The highest BCUT2D eigenvalue weighted by Gasteiger charge is 2.27. The van der Waals surface area contributed by atoms with E-state index in [1.807, 2.05) is 36.0 Å². The lowest BCUT2D eigenvalue weighted by Gasteiger charge is -2.25. The van der Waals surface area contributed by atoms with E-state index in [4.69, 9.17) is 9.47 Å². The second-order valence-electron chi connectivity index (χ2n) is 7.66. The number of benzene rings is 3. The van der Waals surface area contributed by atoms with Gasteiger partial charge in [-0.3, -0.25) is 9.10 Å². The number of ether oxygens (including phenoxy) is 2. The summed E-state index contributed by atoms with van der Waals surface area (Å²) in [6.45, 7) is -0.451. The number of sulfonamides is 1. The van der Waals surface area contributed by atoms with Gasteiger partial charge in [0.15, 0.2) is 0 Å². The normalized spacial score (nSPS) is 13.7. The molecule has 1 N–H and O–H groups in total. The number of hydrogen-bond donors (Lipinski definition) is 1. The van der Waals surface area contributed by atoms with E-state index in [0.29, 0.717) is 11.4 Å². The van der Waals surface area contributed by atoms with Crippen molar-refractivity contribution in [2.24, 2.45) is 5.10 Å². The predicted molar refractivity (Wildman–Crippen MR) is 138 cm³/mol. The molecular formula is C25H25N3O5S2. The molecule has 0 aliphatic carbocycles. The second kappa shape index (κ2) is 11.3. The summed E-state index contributed by atoms with van der Waals surface area (Å²) in [7, 11) is -2.47. The van der Waals surface area contributed by atoms with E-state index in [1.165, 1.54) is 25.5 Å². The fraction of sp³-hybridized carbons (Fsp3) is 0.200. The topological polar surface area (TPSA) is 97.3 Å². The van der Waals surface area contributed by atoms with Gasteiger partial charge in [0, 0.05) is 11.5 Å². The third kappa shape index (κ3) is 6.34. The lowest BCUT2D eigenvalue weighted by atomic mass is 10.2. The first-order chi connectivity index (χ1) is 17.0. The van der Waals surface area contributed by atoms with Gasteiger partial charge in [-0.25, -0.2) is 13.8 Å². The molecule has 1 saturated heterocycles. The van der Waals surface area contributed by atoms with Crippen LogP contribution in [0.5, 0.6) is 11.5 Å². The van der Waals surface area contributed by atoms with E-state index < -0.39 is 22.5 Å². The van der Waals surface area contributed by atoms with Crippen molar-refractivity contribution in [2.45, 2.75) is 11.0 Å². The molecule has 0 saturated carbocycles. The number of carbonyl (C=O) groups excluding carboxylic acids is 1. The van der Waals surface area contributed by atoms with Crippen LogP contribution in [0.25, 0.3) is 0 Å². The second-order valence-corrected chi connectivity index (χ2v) is 10.6. The van der Waals surface area contributed by atoms with Crippen LogP contribution in [-0.2, 0) is 14.8 Å². The molecule has 4 rings (SSSR count). The van der Waals surface area contributed by atoms with Crippen LogP contribution in [0.3, 0.4) is 0 Å². The Hall–Kier alpha value is -3.50. The number of hydrazone groups is 1. The van der Waals surface area contributed by atoms with Crippen molar-refractivity contribution >= 4 is 39.6 Å². The van der Waals surface area contributed by atoms with Crippen LogP contribution in [-0.4, -0.2) is 51.8 Å². The van der Waals surface area contributed by atoms with Crippen LogP contribution >= 0.6 is 11.8 Å². The molecule has 0 unspecified atom stereocenters. The maximum absolute atomic E-state index is 13.3. The zero-order chi connectivity index (χ0) is 24.7. The summed E-state index contributed by atoms with van der Waals surface area (Å²) in [4.78, 5) is 12.7. The highest BCUT2D eigenvalue weighted by atomic mass is 32.2. The third-order valence-corrected chi connectivity index (χ3v) is 8.18. The molecule has 0 aromatic heterocycles. The van der Waals surface area contributed by atoms with Crippen molar-refractivity contribution in [3.63, 3.8) is 0 Å². The van der Waals surface area contributed by atoms with Crippen LogP contribution in [0.4, 0.5) is 5.69 Å². The van der Waals surface area contributed by atoms with E-state index in [2.05, 4.69) is 10.5 Å². The first kappa shape index (κ1) is 24.6. The van der Waals surface area contributed by atoms with Gasteiger partial charge in [0.05, 0.1) is 23.9 Å². The van der Waals surface area contributed by atoms with Crippen molar-refractivity contribution < 1.29 is 22.7 Å². The molecule has 1 heterocycles. The van der Waals surface area contributed by atoms with Crippen molar-refractivity contribution in [1.29, 1.82) is 0 Å². The van der Waals surface area contributed by atoms with Crippen LogP contribution in [0.1, 0.15) is 5.56 Å². The number of hydrogen-bond acceptors (Lipinski definition) is 7. The molecule has 0 radical (unpaired) electrons. The number of rotatable bonds is 10. The minimum Gasteiger partial charge on any atom is -0.497 e. The van der Waals surface area contributed by atoms with Crippen molar-refractivity contribution in [1.82, 2.24) is 5.43 Å². The molecule has 35 heavy (non-hydrogen) atoms. The van der Waals surface area contributed by atoms with Gasteiger partial charge in [-0.15, -0.1) is 0 Å². The Balaban J connectivity index is 1.44. The summed E-state index contributed by atoms with van der Waals surface area (Å²) < 4.78 is 38.6. The van der Waals surface area contributed by atoms with Gasteiger partial charge in [-0.2, -0.15) is 16.9 Å². The third-order valence-electron chi connectivity index (χ3n) is 5.17. The van der Waals surface area contributed by atoms with E-state index in [0.717, 1.165) is 27.1 Å². The highest BCUT2D eigenvalue weighted by Crippen LogP contribution is 2.26. The van der Waals surface area contributed by atoms with Gasteiger partial charge in [-0.1, -0.05) is 18.2 Å². The van der Waals surface area contributed by atoms with Crippen molar-refractivity contribution in [2.75, 3.05) is 29.5 Å². The fourth-order valence-corrected chi connectivity index (χ4v) is 5.24. The molecule has 8 nitrogen and oxygen atoms in total. The molecule has 0 bridgehead atoms. The summed E-state index contributed by atoms with van der Waals surface area (Å²) in [6.07, 6.45) is 1.75.